The molecule has 0 aromatic heterocycles. The first-order valence-corrected chi connectivity index (χ1v) is 11.2. The van der Waals surface area contributed by atoms with Crippen LogP contribution < -0.4 is 4.74 Å². The third-order valence-electron chi connectivity index (χ3n) is 4.91. The molecule has 1 fully saturated rings. The van der Waals surface area contributed by atoms with E-state index in [0.717, 1.165) is 30.9 Å². The molecule has 162 valence electrons. The summed E-state index contributed by atoms with van der Waals surface area (Å²) < 4.78 is 10.9. The van der Waals surface area contributed by atoms with Gasteiger partial charge in [0.2, 0.25) is 0 Å². The Hall–Kier alpha value is -2.18. The highest BCUT2D eigenvalue weighted by Crippen LogP contribution is 2.34. The maximum atomic E-state index is 12.5. The molecule has 0 atom stereocenters. The van der Waals surface area contributed by atoms with Crippen molar-refractivity contribution < 1.29 is 14.3 Å². The fourth-order valence-corrected chi connectivity index (χ4v) is 4.46. The van der Waals surface area contributed by atoms with Crippen LogP contribution in [0.4, 0.5) is 4.79 Å². The minimum atomic E-state index is -0.249. The summed E-state index contributed by atoms with van der Waals surface area (Å²) in [6, 6.07) is 16.2. The van der Waals surface area contributed by atoms with Crippen LogP contribution in [0.15, 0.2) is 53.4 Å². The number of nitrogens with zero attached hydrogens (tertiary/aromatic N) is 2. The molecule has 0 N–H and O–H groups in total. The fraction of sp³-hybridized carbons (Fsp3) is 0.458. The average Bonchev–Trinajstić information content (AvgIpc) is 2.73. The molecule has 2 aromatic carbocycles. The van der Waals surface area contributed by atoms with Gasteiger partial charge in [-0.25, -0.2) is 4.79 Å². The maximum Gasteiger partial charge on any atom is 0.410 e. The molecule has 1 aliphatic heterocycles. The van der Waals surface area contributed by atoms with Crippen LogP contribution in [0.1, 0.15) is 31.9 Å². The van der Waals surface area contributed by atoms with Crippen LogP contribution in [0.5, 0.6) is 5.75 Å². The van der Waals surface area contributed by atoms with Crippen molar-refractivity contribution in [1.29, 1.82) is 0 Å². The number of carbonyl (C=O) groups excluding carboxylic acids is 1. The molecule has 0 bridgehead atoms. The second-order valence-corrected chi connectivity index (χ2v) is 10.4. The molecule has 0 unspecified atom stereocenters. The zero-order chi connectivity index (χ0) is 21.6. The number of benzene rings is 2. The first-order chi connectivity index (χ1) is 14.3. The smallest absolute Gasteiger partial charge is 0.410 e. The molecular formula is C24H32N2O3S. The van der Waals surface area contributed by atoms with Crippen LogP contribution in [-0.4, -0.2) is 53.9 Å². The van der Waals surface area contributed by atoms with E-state index in [1.165, 1.54) is 10.5 Å². The summed E-state index contributed by atoms with van der Waals surface area (Å²) in [5, 5.41) is 0. The Morgan fingerprint density at radius 3 is 2.47 bits per heavy atom. The van der Waals surface area contributed by atoms with Crippen LogP contribution >= 0.6 is 11.8 Å². The number of amides is 1. The molecule has 0 saturated carbocycles. The fourth-order valence-electron chi connectivity index (χ4n) is 3.39. The van der Waals surface area contributed by atoms with Crippen LogP contribution in [-0.2, 0) is 17.9 Å². The van der Waals surface area contributed by atoms with E-state index >= 15 is 0 Å². The molecule has 0 spiro atoms. The molecular weight excluding hydrogens is 396 g/mol. The minimum Gasteiger partial charge on any atom is -0.497 e. The number of carbonyl (C=O) groups is 1. The number of thioether (sulfide) groups is 1. The predicted molar refractivity (Wildman–Crippen MR) is 122 cm³/mol. The predicted octanol–water partition coefficient (Wildman–Crippen LogP) is 5.04. The van der Waals surface area contributed by atoms with Crippen molar-refractivity contribution in [2.75, 3.05) is 33.3 Å². The molecule has 1 aliphatic rings. The Morgan fingerprint density at radius 2 is 1.77 bits per heavy atom. The maximum absolute atomic E-state index is 12.5. The summed E-state index contributed by atoms with van der Waals surface area (Å²) in [4.78, 5) is 18.0. The molecule has 2 aromatic rings. The van der Waals surface area contributed by atoms with Crippen LogP contribution in [0, 0.1) is 0 Å². The van der Waals surface area contributed by atoms with Gasteiger partial charge in [-0.1, -0.05) is 51.1 Å². The Labute approximate surface area is 184 Å². The van der Waals surface area contributed by atoms with Crippen molar-refractivity contribution >= 4 is 17.9 Å². The second-order valence-electron chi connectivity index (χ2n) is 8.49. The van der Waals surface area contributed by atoms with E-state index < -0.39 is 0 Å². The van der Waals surface area contributed by atoms with Gasteiger partial charge in [0.15, 0.2) is 0 Å². The zero-order valence-electron chi connectivity index (χ0n) is 18.4. The zero-order valence-corrected chi connectivity index (χ0v) is 19.2. The molecule has 1 heterocycles. The standard InChI is InChI=1S/C24H32N2O3S/c1-24(2,3)30-22-11-6-5-9-20(22)17-25-12-14-26(15-13-25)23(27)29-18-19-8-7-10-21(16-19)28-4/h5-11,16H,12-15,17-18H2,1-4H3. The van der Waals surface area contributed by atoms with E-state index in [1.54, 1.807) is 12.0 Å². The first-order valence-electron chi connectivity index (χ1n) is 10.4. The molecule has 30 heavy (non-hydrogen) atoms. The number of hydrogen-bond acceptors (Lipinski definition) is 5. The normalized spacial score (nSPS) is 15.1. The van der Waals surface area contributed by atoms with Gasteiger partial charge in [0.25, 0.3) is 0 Å². The lowest BCUT2D eigenvalue weighted by atomic mass is 10.2. The molecule has 3 rings (SSSR count). The summed E-state index contributed by atoms with van der Waals surface area (Å²) in [5.74, 6) is 0.766. The van der Waals surface area contributed by atoms with Gasteiger partial charge in [0.1, 0.15) is 12.4 Å². The number of piperazine rings is 1. The summed E-state index contributed by atoms with van der Waals surface area (Å²) in [6.45, 7) is 11.0. The lowest BCUT2D eigenvalue weighted by Crippen LogP contribution is -2.48. The summed E-state index contributed by atoms with van der Waals surface area (Å²) in [7, 11) is 1.63. The van der Waals surface area contributed by atoms with Crippen molar-refractivity contribution in [2.24, 2.45) is 0 Å². The van der Waals surface area contributed by atoms with Crippen molar-refractivity contribution in [2.45, 2.75) is 43.6 Å². The van der Waals surface area contributed by atoms with Crippen LogP contribution in [0.2, 0.25) is 0 Å². The van der Waals surface area contributed by atoms with E-state index in [9.17, 15) is 4.79 Å². The van der Waals surface area contributed by atoms with Crippen molar-refractivity contribution in [1.82, 2.24) is 9.80 Å². The van der Waals surface area contributed by atoms with Crippen molar-refractivity contribution in [3.63, 3.8) is 0 Å². The van der Waals surface area contributed by atoms with Crippen molar-refractivity contribution in [3.05, 3.63) is 59.7 Å². The summed E-state index contributed by atoms with van der Waals surface area (Å²) >= 11 is 1.91. The molecule has 0 aliphatic carbocycles. The van der Waals surface area contributed by atoms with Gasteiger partial charge >= 0.3 is 6.09 Å². The molecule has 5 nitrogen and oxygen atoms in total. The number of methoxy groups -OCH3 is 1. The van der Waals surface area contributed by atoms with Gasteiger partial charge in [-0.15, -0.1) is 11.8 Å². The average molecular weight is 429 g/mol. The third kappa shape index (κ3) is 6.67. The lowest BCUT2D eigenvalue weighted by molar-refractivity contribution is 0.0698. The number of rotatable bonds is 6. The first kappa shape index (κ1) is 22.5. The second kappa shape index (κ2) is 10.2. The topological polar surface area (TPSA) is 42.0 Å². The van der Waals surface area contributed by atoms with Gasteiger partial charge in [-0.3, -0.25) is 4.90 Å². The lowest BCUT2D eigenvalue weighted by Gasteiger charge is -2.34. The SMILES string of the molecule is COc1cccc(COC(=O)N2CCN(Cc3ccccc3SC(C)(C)C)CC2)c1. The molecule has 6 heteroatoms. The Morgan fingerprint density at radius 1 is 1.03 bits per heavy atom. The highest BCUT2D eigenvalue weighted by atomic mass is 32.2. The molecule has 1 amide bonds. The van der Waals surface area contributed by atoms with E-state index in [0.29, 0.717) is 13.1 Å². The van der Waals surface area contributed by atoms with Crippen molar-refractivity contribution in [3.8, 4) is 5.75 Å². The Kier molecular flexibility index (Phi) is 7.67. The van der Waals surface area contributed by atoms with Crippen LogP contribution in [0.3, 0.4) is 0 Å². The number of ether oxygens (including phenoxy) is 2. The summed E-state index contributed by atoms with van der Waals surface area (Å²) in [5.41, 5.74) is 2.28. The molecule has 0 radical (unpaired) electrons. The van der Waals surface area contributed by atoms with Gasteiger partial charge in [-0.05, 0) is 29.3 Å². The van der Waals surface area contributed by atoms with E-state index in [-0.39, 0.29) is 17.4 Å². The quantitative estimate of drug-likeness (QED) is 0.603. The molecule has 1 saturated heterocycles. The van der Waals surface area contributed by atoms with E-state index in [2.05, 4.69) is 49.9 Å². The minimum absolute atomic E-state index is 0.182. The third-order valence-corrected chi connectivity index (χ3v) is 6.14. The van der Waals surface area contributed by atoms with Gasteiger partial charge in [0.05, 0.1) is 7.11 Å². The monoisotopic (exact) mass is 428 g/mol. The number of hydrogen-bond donors (Lipinski definition) is 0. The van der Waals surface area contributed by atoms with Crippen LogP contribution in [0.25, 0.3) is 0 Å². The summed E-state index contributed by atoms with van der Waals surface area (Å²) in [6.07, 6.45) is -0.249. The van der Waals surface area contributed by atoms with E-state index in [4.69, 9.17) is 9.47 Å². The van der Waals surface area contributed by atoms with Gasteiger partial charge in [-0.2, -0.15) is 0 Å². The Balaban J connectivity index is 1.48. The van der Waals surface area contributed by atoms with E-state index in [1.807, 2.05) is 36.0 Å². The highest BCUT2D eigenvalue weighted by Gasteiger charge is 2.23. The Bertz CT molecular complexity index is 842. The van der Waals surface area contributed by atoms with Gasteiger partial charge < -0.3 is 14.4 Å². The van der Waals surface area contributed by atoms with Gasteiger partial charge in [0, 0.05) is 42.4 Å². The largest absolute Gasteiger partial charge is 0.497 e. The highest BCUT2D eigenvalue weighted by molar-refractivity contribution is 8.00.